The topological polar surface area (TPSA) is 44.4 Å². The third kappa shape index (κ3) is 3.69. The van der Waals surface area contributed by atoms with Gasteiger partial charge in [0.25, 0.3) is 0 Å². The van der Waals surface area contributed by atoms with E-state index < -0.39 is 0 Å². The summed E-state index contributed by atoms with van der Waals surface area (Å²) in [5, 5.41) is 5.51. The Morgan fingerprint density at radius 3 is 2.61 bits per heavy atom. The number of carbonyl (C=O) groups is 1. The third-order valence-corrected chi connectivity index (χ3v) is 4.39. The Kier molecular flexibility index (Phi) is 5.01. The van der Waals surface area contributed by atoms with Gasteiger partial charge in [0.05, 0.1) is 0 Å². The average molecular weight is 253 g/mol. The van der Waals surface area contributed by atoms with Crippen LogP contribution in [-0.2, 0) is 4.79 Å². The molecular weight excluding hydrogens is 226 g/mol. The van der Waals surface area contributed by atoms with Crippen LogP contribution in [0.1, 0.15) is 52.4 Å². The van der Waals surface area contributed by atoms with Crippen LogP contribution in [0.25, 0.3) is 0 Å². The van der Waals surface area contributed by atoms with Crippen molar-refractivity contribution in [3.8, 4) is 0 Å². The lowest BCUT2D eigenvalue weighted by Crippen LogP contribution is -2.54. The molecule has 2 rings (SSSR count). The standard InChI is InChI=1S/C14H27N3O/c1-11-4-3-5-12(2)17(11)16-14(18)7-6-13-8-9-15-10-13/h11-13,15H,3-10H2,1-2H3,(H,16,18). The van der Waals surface area contributed by atoms with Crippen LogP contribution in [0.4, 0.5) is 0 Å². The van der Waals surface area contributed by atoms with Crippen molar-refractivity contribution in [3.63, 3.8) is 0 Å². The summed E-state index contributed by atoms with van der Waals surface area (Å²) in [5.41, 5.74) is 3.12. The lowest BCUT2D eigenvalue weighted by atomic mass is 9.99. The lowest BCUT2D eigenvalue weighted by Gasteiger charge is -2.38. The maximum Gasteiger partial charge on any atom is 0.234 e. The van der Waals surface area contributed by atoms with Crippen molar-refractivity contribution in [2.24, 2.45) is 5.92 Å². The van der Waals surface area contributed by atoms with E-state index in [4.69, 9.17) is 0 Å². The van der Waals surface area contributed by atoms with Crippen molar-refractivity contribution in [2.75, 3.05) is 13.1 Å². The second-order valence-electron chi connectivity index (χ2n) is 5.97. The molecule has 3 unspecified atom stereocenters. The summed E-state index contributed by atoms with van der Waals surface area (Å²) < 4.78 is 0. The molecule has 2 fully saturated rings. The second-order valence-corrected chi connectivity index (χ2v) is 5.97. The highest BCUT2D eigenvalue weighted by atomic mass is 16.2. The van der Waals surface area contributed by atoms with Gasteiger partial charge in [-0.2, -0.15) is 0 Å². The van der Waals surface area contributed by atoms with Crippen LogP contribution in [-0.4, -0.2) is 36.1 Å². The Bertz CT molecular complexity index is 266. The zero-order valence-electron chi connectivity index (χ0n) is 11.7. The van der Waals surface area contributed by atoms with Gasteiger partial charge in [0, 0.05) is 18.5 Å². The fourth-order valence-electron chi connectivity index (χ4n) is 3.14. The number of nitrogens with zero attached hydrogens (tertiary/aromatic N) is 1. The molecule has 2 aliphatic rings. The number of amides is 1. The molecular formula is C14H27N3O. The zero-order valence-corrected chi connectivity index (χ0v) is 11.7. The van der Waals surface area contributed by atoms with Gasteiger partial charge in [0.1, 0.15) is 0 Å². The summed E-state index contributed by atoms with van der Waals surface area (Å²) >= 11 is 0. The van der Waals surface area contributed by atoms with Gasteiger partial charge < -0.3 is 5.32 Å². The molecule has 2 heterocycles. The molecule has 3 atom stereocenters. The third-order valence-electron chi connectivity index (χ3n) is 4.39. The maximum atomic E-state index is 12.0. The fraction of sp³-hybridized carbons (Fsp3) is 0.929. The van der Waals surface area contributed by atoms with E-state index in [1.165, 1.54) is 25.7 Å². The highest BCUT2D eigenvalue weighted by Gasteiger charge is 2.26. The summed E-state index contributed by atoms with van der Waals surface area (Å²) in [7, 11) is 0. The molecule has 0 aromatic carbocycles. The van der Waals surface area contributed by atoms with Crippen LogP contribution in [0.3, 0.4) is 0 Å². The van der Waals surface area contributed by atoms with Crippen molar-refractivity contribution >= 4 is 5.91 Å². The minimum absolute atomic E-state index is 0.197. The summed E-state index contributed by atoms with van der Waals surface area (Å²) in [6.45, 7) is 6.62. The molecule has 104 valence electrons. The maximum absolute atomic E-state index is 12.0. The predicted octanol–water partition coefficient (Wildman–Crippen LogP) is 1.67. The first-order chi connectivity index (χ1) is 8.66. The average Bonchev–Trinajstić information content (AvgIpc) is 2.84. The van der Waals surface area contributed by atoms with Gasteiger partial charge in [-0.1, -0.05) is 6.42 Å². The van der Waals surface area contributed by atoms with E-state index in [1.54, 1.807) is 0 Å². The molecule has 2 aliphatic heterocycles. The minimum atomic E-state index is 0.197. The minimum Gasteiger partial charge on any atom is -0.316 e. The normalized spacial score (nSPS) is 33.6. The fourth-order valence-corrected chi connectivity index (χ4v) is 3.14. The number of nitrogens with one attached hydrogen (secondary N) is 2. The van der Waals surface area contributed by atoms with E-state index in [1.807, 2.05) is 0 Å². The van der Waals surface area contributed by atoms with Gasteiger partial charge >= 0.3 is 0 Å². The molecule has 0 spiro atoms. The smallest absolute Gasteiger partial charge is 0.234 e. The van der Waals surface area contributed by atoms with Crippen molar-refractivity contribution in [3.05, 3.63) is 0 Å². The van der Waals surface area contributed by atoms with E-state index in [9.17, 15) is 4.79 Å². The van der Waals surface area contributed by atoms with E-state index >= 15 is 0 Å². The highest BCUT2D eigenvalue weighted by molar-refractivity contribution is 5.75. The largest absolute Gasteiger partial charge is 0.316 e. The van der Waals surface area contributed by atoms with Crippen LogP contribution in [0.5, 0.6) is 0 Å². The van der Waals surface area contributed by atoms with Crippen LogP contribution in [0.2, 0.25) is 0 Å². The monoisotopic (exact) mass is 253 g/mol. The van der Waals surface area contributed by atoms with E-state index in [0.29, 0.717) is 24.4 Å². The quantitative estimate of drug-likeness (QED) is 0.801. The zero-order chi connectivity index (χ0) is 13.0. The van der Waals surface area contributed by atoms with Crippen molar-refractivity contribution in [2.45, 2.75) is 64.5 Å². The van der Waals surface area contributed by atoms with Gasteiger partial charge in [-0.3, -0.25) is 10.2 Å². The van der Waals surface area contributed by atoms with Crippen LogP contribution < -0.4 is 10.7 Å². The van der Waals surface area contributed by atoms with Crippen molar-refractivity contribution < 1.29 is 4.79 Å². The molecule has 1 amide bonds. The first kappa shape index (κ1) is 13.8. The van der Waals surface area contributed by atoms with E-state index in [2.05, 4.69) is 29.6 Å². The molecule has 0 radical (unpaired) electrons. The second kappa shape index (κ2) is 6.53. The summed E-state index contributed by atoms with van der Waals surface area (Å²) in [5.74, 6) is 0.898. The Morgan fingerprint density at radius 1 is 1.28 bits per heavy atom. The molecule has 0 aromatic rings. The number of hydrogen-bond donors (Lipinski definition) is 2. The first-order valence-corrected chi connectivity index (χ1v) is 7.45. The van der Waals surface area contributed by atoms with E-state index in [0.717, 1.165) is 19.5 Å². The number of hydrazine groups is 1. The number of hydrogen-bond acceptors (Lipinski definition) is 3. The molecule has 0 bridgehead atoms. The molecule has 4 heteroatoms. The first-order valence-electron chi connectivity index (χ1n) is 7.45. The highest BCUT2D eigenvalue weighted by Crippen LogP contribution is 2.20. The number of carbonyl (C=O) groups excluding carboxylic acids is 1. The molecule has 18 heavy (non-hydrogen) atoms. The molecule has 0 aromatic heterocycles. The molecule has 2 N–H and O–H groups in total. The summed E-state index contributed by atoms with van der Waals surface area (Å²) in [6, 6.07) is 0.955. The Morgan fingerprint density at radius 2 is 2.00 bits per heavy atom. The van der Waals surface area contributed by atoms with Gasteiger partial charge in [-0.05, 0) is 58.5 Å². The van der Waals surface area contributed by atoms with Crippen LogP contribution in [0, 0.1) is 5.92 Å². The lowest BCUT2D eigenvalue weighted by molar-refractivity contribution is -0.129. The summed E-state index contributed by atoms with van der Waals surface area (Å²) in [6.07, 6.45) is 6.58. The van der Waals surface area contributed by atoms with Gasteiger partial charge in [0.15, 0.2) is 0 Å². The van der Waals surface area contributed by atoms with Gasteiger partial charge in [-0.25, -0.2) is 5.01 Å². The Balaban J connectivity index is 1.71. The van der Waals surface area contributed by atoms with Crippen molar-refractivity contribution in [1.29, 1.82) is 0 Å². The summed E-state index contributed by atoms with van der Waals surface area (Å²) in [4.78, 5) is 12.0. The SMILES string of the molecule is CC1CCCC(C)N1NC(=O)CCC1CCNC1. The molecule has 0 saturated carbocycles. The van der Waals surface area contributed by atoms with Crippen LogP contribution in [0.15, 0.2) is 0 Å². The van der Waals surface area contributed by atoms with Crippen molar-refractivity contribution in [1.82, 2.24) is 15.8 Å². The van der Waals surface area contributed by atoms with E-state index in [-0.39, 0.29) is 5.91 Å². The van der Waals surface area contributed by atoms with Gasteiger partial charge in [-0.15, -0.1) is 0 Å². The predicted molar refractivity (Wildman–Crippen MR) is 73.0 cm³/mol. The molecule has 2 saturated heterocycles. The Labute approximate surface area is 110 Å². The Hall–Kier alpha value is -0.610. The number of piperidine rings is 1. The van der Waals surface area contributed by atoms with Crippen LogP contribution >= 0.6 is 0 Å². The number of rotatable bonds is 4. The molecule has 4 nitrogen and oxygen atoms in total. The molecule has 0 aliphatic carbocycles. The van der Waals surface area contributed by atoms with Gasteiger partial charge in [0.2, 0.25) is 5.91 Å².